The lowest BCUT2D eigenvalue weighted by atomic mass is 10.8. The van der Waals surface area contributed by atoms with Crippen LogP contribution >= 0.6 is 0 Å². The third-order valence-electron chi connectivity index (χ3n) is 0.1000. The Labute approximate surface area is 115 Å². The molecule has 0 aromatic heterocycles. The summed E-state index contributed by atoms with van der Waals surface area (Å²) in [5.74, 6) is 0. The van der Waals surface area contributed by atoms with Gasteiger partial charge in [-0.3, -0.25) is 0 Å². The molecule has 114 valence electrons. The van der Waals surface area contributed by atoms with Crippen LogP contribution in [0.5, 0.6) is 0 Å². The summed E-state index contributed by atoms with van der Waals surface area (Å²) in [7, 11) is 0. The molecule has 0 bridgehead atoms. The number of hydrogen-bond acceptors (Lipinski definition) is 4. The minimum absolute atomic E-state index is 0. The van der Waals surface area contributed by atoms with Crippen LogP contribution in [0, 0.1) is 0 Å². The molecule has 0 radical (unpaired) electrons. The van der Waals surface area contributed by atoms with Gasteiger partial charge in [0.25, 0.3) is 0 Å². The zero-order valence-corrected chi connectivity index (χ0v) is 12.9. The maximum atomic E-state index is 7.62. The molecule has 0 aliphatic heterocycles. The first-order chi connectivity index (χ1) is 7.57. The number of aliphatic hydroxyl groups is 2. The molecule has 4 nitrogen and oxygen atoms in total. The Hall–Kier alpha value is -1.20. The van der Waals surface area contributed by atoms with E-state index in [2.05, 4.69) is 26.3 Å². The van der Waals surface area contributed by atoms with Crippen LogP contribution in [0.15, 0.2) is 50.6 Å². The van der Waals surface area contributed by atoms with Gasteiger partial charge in [-0.2, -0.15) is 0 Å². The average Bonchev–Trinajstić information content (AvgIpc) is 2.22. The first kappa shape index (κ1) is 43.7. The van der Waals surface area contributed by atoms with Crippen molar-refractivity contribution in [2.75, 3.05) is 13.2 Å². The van der Waals surface area contributed by atoms with Gasteiger partial charge in [-0.1, -0.05) is 24.3 Å². The van der Waals surface area contributed by atoms with Gasteiger partial charge >= 0.3 is 0 Å². The Balaban J connectivity index is -0.0000000164. The molecule has 0 heterocycles. The highest BCUT2D eigenvalue weighted by molar-refractivity contribution is 4.52. The minimum Gasteiger partial charge on any atom is -0.394 e. The molecule has 0 saturated carbocycles. The van der Waals surface area contributed by atoms with Crippen LogP contribution in [0.2, 0.25) is 0 Å². The molecule has 18 heavy (non-hydrogen) atoms. The highest BCUT2D eigenvalue weighted by Crippen LogP contribution is 1.40. The quantitative estimate of drug-likeness (QED) is 0.535. The lowest BCUT2D eigenvalue weighted by molar-refractivity contribution is 0.186. The van der Waals surface area contributed by atoms with Gasteiger partial charge in [0.05, 0.1) is 13.2 Å². The largest absolute Gasteiger partial charge is 0.394 e. The van der Waals surface area contributed by atoms with Crippen LogP contribution in [-0.4, -0.2) is 23.4 Å². The SMILES string of the molecule is C=CC.C=CC.C=CC.C=CC.N.N.OCCO. The molecule has 8 N–H and O–H groups in total. The van der Waals surface area contributed by atoms with E-state index >= 15 is 0 Å². The van der Waals surface area contributed by atoms with Crippen molar-refractivity contribution in [3.05, 3.63) is 50.6 Å². The molecule has 0 aromatic carbocycles. The van der Waals surface area contributed by atoms with E-state index in [4.69, 9.17) is 10.2 Å². The monoisotopic (exact) mass is 264 g/mol. The van der Waals surface area contributed by atoms with Crippen LogP contribution in [0.1, 0.15) is 27.7 Å². The smallest absolute Gasteiger partial charge is 0.0662 e. The van der Waals surface area contributed by atoms with E-state index in [1.54, 1.807) is 24.3 Å². The van der Waals surface area contributed by atoms with Gasteiger partial charge in [-0.25, -0.2) is 0 Å². The molecule has 0 atom stereocenters. The van der Waals surface area contributed by atoms with Gasteiger partial charge in [0, 0.05) is 0 Å². The van der Waals surface area contributed by atoms with Crippen LogP contribution < -0.4 is 12.3 Å². The van der Waals surface area contributed by atoms with Gasteiger partial charge in [0.15, 0.2) is 0 Å². The topological polar surface area (TPSA) is 110 Å². The predicted molar refractivity (Wildman–Crippen MR) is 87.7 cm³/mol. The molecular weight excluding hydrogens is 228 g/mol. The van der Waals surface area contributed by atoms with Crippen LogP contribution in [0.25, 0.3) is 0 Å². The number of aliphatic hydroxyl groups excluding tert-OH is 2. The van der Waals surface area contributed by atoms with Crippen molar-refractivity contribution >= 4 is 0 Å². The average molecular weight is 264 g/mol. The molecule has 0 rings (SSSR count). The van der Waals surface area contributed by atoms with E-state index in [1.807, 2.05) is 27.7 Å². The molecule has 0 aromatic rings. The molecule has 0 amide bonds. The van der Waals surface area contributed by atoms with E-state index in [9.17, 15) is 0 Å². The van der Waals surface area contributed by atoms with E-state index < -0.39 is 0 Å². The normalized spacial score (nSPS) is 4.56. The fourth-order valence-electron chi connectivity index (χ4n) is 0. The second-order valence-electron chi connectivity index (χ2n) is 2.08. The first-order valence-electron chi connectivity index (χ1n) is 5.07. The van der Waals surface area contributed by atoms with E-state index in [0.29, 0.717) is 0 Å². The van der Waals surface area contributed by atoms with E-state index in [-0.39, 0.29) is 25.5 Å². The van der Waals surface area contributed by atoms with Crippen molar-refractivity contribution in [3.63, 3.8) is 0 Å². The van der Waals surface area contributed by atoms with Gasteiger partial charge < -0.3 is 22.5 Å². The van der Waals surface area contributed by atoms with Crippen molar-refractivity contribution in [2.45, 2.75) is 27.7 Å². The Morgan fingerprint density at radius 2 is 0.667 bits per heavy atom. The summed E-state index contributed by atoms with van der Waals surface area (Å²) < 4.78 is 0. The fraction of sp³-hybridized carbons (Fsp3) is 0.429. The maximum absolute atomic E-state index is 7.62. The van der Waals surface area contributed by atoms with Crippen LogP contribution in [0.4, 0.5) is 0 Å². The lowest BCUT2D eigenvalue weighted by Crippen LogP contribution is -1.85. The van der Waals surface area contributed by atoms with Gasteiger partial charge in [-0.05, 0) is 27.7 Å². The zero-order valence-electron chi connectivity index (χ0n) is 12.9. The highest BCUT2D eigenvalue weighted by Gasteiger charge is 1.58. The standard InChI is InChI=1S/4C3H6.C2H6O2.2H3N/c4*1-3-2;3-1-2-4;;/h4*3H,1H2,2H3;3-4H,1-2H2;2*1H3. The van der Waals surface area contributed by atoms with Crippen molar-refractivity contribution in [1.29, 1.82) is 0 Å². The fourth-order valence-corrected chi connectivity index (χ4v) is 0. The molecule has 0 saturated heterocycles. The molecule has 0 fully saturated rings. The van der Waals surface area contributed by atoms with Gasteiger partial charge in [0.1, 0.15) is 0 Å². The van der Waals surface area contributed by atoms with Crippen LogP contribution in [0.3, 0.4) is 0 Å². The summed E-state index contributed by atoms with van der Waals surface area (Å²) in [5, 5.41) is 15.2. The van der Waals surface area contributed by atoms with E-state index in [0.717, 1.165) is 0 Å². The number of allylic oxidation sites excluding steroid dienone is 4. The van der Waals surface area contributed by atoms with Crippen molar-refractivity contribution in [3.8, 4) is 0 Å². The predicted octanol–water partition coefficient (Wildman–Crippen LogP) is 4.06. The third kappa shape index (κ3) is 70500. The minimum atomic E-state index is -0.125. The Morgan fingerprint density at radius 1 is 0.611 bits per heavy atom. The Kier molecular flexibility index (Phi) is 364. The molecule has 0 spiro atoms. The van der Waals surface area contributed by atoms with Crippen molar-refractivity contribution in [1.82, 2.24) is 12.3 Å². The Morgan fingerprint density at radius 3 is 0.667 bits per heavy atom. The van der Waals surface area contributed by atoms with Crippen LogP contribution in [-0.2, 0) is 0 Å². The number of hydrogen-bond donors (Lipinski definition) is 4. The third-order valence-corrected chi connectivity index (χ3v) is 0.1000. The van der Waals surface area contributed by atoms with Gasteiger partial charge in [0.2, 0.25) is 0 Å². The summed E-state index contributed by atoms with van der Waals surface area (Å²) in [6.45, 7) is 20.8. The second kappa shape index (κ2) is 150. The van der Waals surface area contributed by atoms with E-state index in [1.165, 1.54) is 0 Å². The Bertz CT molecular complexity index is 90.4. The lowest BCUT2D eigenvalue weighted by Gasteiger charge is -1.70. The summed E-state index contributed by atoms with van der Waals surface area (Å²) in [5.41, 5.74) is 0. The maximum Gasteiger partial charge on any atom is 0.0662 e. The summed E-state index contributed by atoms with van der Waals surface area (Å²) >= 11 is 0. The van der Waals surface area contributed by atoms with Crippen molar-refractivity contribution in [2.24, 2.45) is 0 Å². The number of rotatable bonds is 1. The second-order valence-corrected chi connectivity index (χ2v) is 2.08. The summed E-state index contributed by atoms with van der Waals surface area (Å²) in [6.07, 6.45) is 7.00. The van der Waals surface area contributed by atoms with Crippen molar-refractivity contribution < 1.29 is 10.2 Å². The van der Waals surface area contributed by atoms with Gasteiger partial charge in [-0.15, -0.1) is 26.3 Å². The molecule has 0 aliphatic carbocycles. The first-order valence-corrected chi connectivity index (χ1v) is 5.07. The highest BCUT2D eigenvalue weighted by atomic mass is 16.3. The zero-order chi connectivity index (χ0) is 14.2. The summed E-state index contributed by atoms with van der Waals surface area (Å²) in [6, 6.07) is 0. The molecular formula is C14H36N2O2. The summed E-state index contributed by atoms with van der Waals surface area (Å²) in [4.78, 5) is 0. The molecule has 4 heteroatoms. The molecule has 0 unspecified atom stereocenters. The molecule has 0 aliphatic rings.